The molecule has 0 spiro atoms. The Balaban J connectivity index is 2.14. The van der Waals surface area contributed by atoms with Gasteiger partial charge in [-0.3, -0.25) is 4.79 Å². The zero-order valence-corrected chi connectivity index (χ0v) is 13.0. The average molecular weight is 309 g/mol. The fourth-order valence-electron chi connectivity index (χ4n) is 1.95. The highest BCUT2D eigenvalue weighted by Crippen LogP contribution is 2.22. The van der Waals surface area contributed by atoms with Gasteiger partial charge in [-0.25, -0.2) is 0 Å². The molecule has 1 amide bonds. The van der Waals surface area contributed by atoms with Crippen molar-refractivity contribution in [2.45, 2.75) is 6.04 Å². The van der Waals surface area contributed by atoms with Crippen LogP contribution in [0.2, 0.25) is 4.34 Å². The van der Waals surface area contributed by atoms with E-state index in [0.29, 0.717) is 9.21 Å². The standard InChI is InChI=1S/C15H17ClN2OS/c1-18(2)10-12(11-6-4-3-5-7-11)17-15(19)13-8-9-14(16)20-13/h3-9,12H,10H2,1-2H3,(H,17,19)/t12-/m1/s1. The molecule has 0 saturated heterocycles. The SMILES string of the molecule is CN(C)C[C@@H](NC(=O)c1ccc(Cl)s1)c1ccccc1. The Morgan fingerprint density at radius 2 is 1.95 bits per heavy atom. The lowest BCUT2D eigenvalue weighted by molar-refractivity contribution is 0.0934. The highest BCUT2D eigenvalue weighted by atomic mass is 35.5. The number of carbonyl (C=O) groups excluding carboxylic acids is 1. The lowest BCUT2D eigenvalue weighted by atomic mass is 10.1. The number of carbonyl (C=O) groups is 1. The smallest absolute Gasteiger partial charge is 0.261 e. The molecule has 0 bridgehead atoms. The van der Waals surface area contributed by atoms with Crippen LogP contribution >= 0.6 is 22.9 Å². The van der Waals surface area contributed by atoms with Crippen molar-refractivity contribution in [3.63, 3.8) is 0 Å². The molecule has 0 saturated carbocycles. The van der Waals surface area contributed by atoms with Gasteiger partial charge in [0.25, 0.3) is 5.91 Å². The number of likely N-dealkylation sites (N-methyl/N-ethyl adjacent to an activating group) is 1. The van der Waals surface area contributed by atoms with Crippen molar-refractivity contribution in [1.82, 2.24) is 10.2 Å². The summed E-state index contributed by atoms with van der Waals surface area (Å²) >= 11 is 7.16. The van der Waals surface area contributed by atoms with Crippen LogP contribution in [0.15, 0.2) is 42.5 Å². The molecule has 0 aliphatic heterocycles. The van der Waals surface area contributed by atoms with E-state index in [1.54, 1.807) is 12.1 Å². The number of thiophene rings is 1. The van der Waals surface area contributed by atoms with Crippen LogP contribution in [0.3, 0.4) is 0 Å². The summed E-state index contributed by atoms with van der Waals surface area (Å²) in [6, 6.07) is 13.4. The van der Waals surface area contributed by atoms with E-state index < -0.39 is 0 Å². The summed E-state index contributed by atoms with van der Waals surface area (Å²) in [5.41, 5.74) is 1.09. The van der Waals surface area contributed by atoms with Gasteiger partial charge in [-0.2, -0.15) is 0 Å². The second-order valence-corrected chi connectivity index (χ2v) is 6.52. The molecule has 1 aromatic carbocycles. The van der Waals surface area contributed by atoms with E-state index in [0.717, 1.165) is 12.1 Å². The molecule has 0 fully saturated rings. The molecule has 1 heterocycles. The summed E-state index contributed by atoms with van der Waals surface area (Å²) in [5, 5.41) is 3.07. The molecule has 106 valence electrons. The van der Waals surface area contributed by atoms with Crippen LogP contribution in [0.1, 0.15) is 21.3 Å². The van der Waals surface area contributed by atoms with Crippen molar-refractivity contribution in [3.8, 4) is 0 Å². The third-order valence-corrected chi connectivity index (χ3v) is 4.08. The normalized spacial score (nSPS) is 12.4. The molecule has 2 rings (SSSR count). The van der Waals surface area contributed by atoms with Crippen LogP contribution in [0.25, 0.3) is 0 Å². The highest BCUT2D eigenvalue weighted by Gasteiger charge is 2.17. The maximum atomic E-state index is 12.2. The number of rotatable bonds is 5. The topological polar surface area (TPSA) is 32.3 Å². The molecule has 5 heteroatoms. The van der Waals surface area contributed by atoms with Gasteiger partial charge in [0.2, 0.25) is 0 Å². The monoisotopic (exact) mass is 308 g/mol. The second kappa shape index (κ2) is 6.88. The molecule has 0 unspecified atom stereocenters. The van der Waals surface area contributed by atoms with Gasteiger partial charge in [0.1, 0.15) is 0 Å². The van der Waals surface area contributed by atoms with Gasteiger partial charge in [0.05, 0.1) is 15.3 Å². The van der Waals surface area contributed by atoms with Crippen molar-refractivity contribution in [1.29, 1.82) is 0 Å². The molecular formula is C15H17ClN2OS. The lowest BCUT2D eigenvalue weighted by Crippen LogP contribution is -2.34. The minimum Gasteiger partial charge on any atom is -0.343 e. The first-order chi connectivity index (χ1) is 9.56. The number of nitrogens with zero attached hydrogens (tertiary/aromatic N) is 1. The summed E-state index contributed by atoms with van der Waals surface area (Å²) in [4.78, 5) is 14.9. The van der Waals surface area contributed by atoms with Gasteiger partial charge in [-0.1, -0.05) is 41.9 Å². The zero-order valence-electron chi connectivity index (χ0n) is 11.5. The van der Waals surface area contributed by atoms with Crippen molar-refractivity contribution < 1.29 is 4.79 Å². The molecule has 1 N–H and O–H groups in total. The number of hydrogen-bond acceptors (Lipinski definition) is 3. The molecule has 2 aromatic rings. The predicted molar refractivity (Wildman–Crippen MR) is 84.5 cm³/mol. The summed E-state index contributed by atoms with van der Waals surface area (Å²) in [5.74, 6) is -0.0856. The summed E-state index contributed by atoms with van der Waals surface area (Å²) < 4.78 is 0.624. The first-order valence-electron chi connectivity index (χ1n) is 6.32. The molecule has 20 heavy (non-hydrogen) atoms. The minimum absolute atomic E-state index is 0.0421. The Labute approximate surface area is 128 Å². The molecular weight excluding hydrogens is 292 g/mol. The maximum absolute atomic E-state index is 12.2. The Kier molecular flexibility index (Phi) is 5.17. The van der Waals surface area contributed by atoms with Crippen molar-refractivity contribution >= 4 is 28.8 Å². The minimum atomic E-state index is -0.0856. The number of benzene rings is 1. The largest absolute Gasteiger partial charge is 0.343 e. The number of hydrogen-bond donors (Lipinski definition) is 1. The van der Waals surface area contributed by atoms with E-state index in [9.17, 15) is 4.79 Å². The van der Waals surface area contributed by atoms with E-state index in [1.807, 2.05) is 44.4 Å². The third kappa shape index (κ3) is 4.07. The van der Waals surface area contributed by atoms with E-state index in [1.165, 1.54) is 11.3 Å². The molecule has 1 atom stereocenters. The van der Waals surface area contributed by atoms with E-state index in [-0.39, 0.29) is 11.9 Å². The van der Waals surface area contributed by atoms with Gasteiger partial charge < -0.3 is 10.2 Å². The fraction of sp³-hybridized carbons (Fsp3) is 0.267. The van der Waals surface area contributed by atoms with E-state index in [2.05, 4.69) is 10.2 Å². The summed E-state index contributed by atoms with van der Waals surface area (Å²) in [6.45, 7) is 0.745. The third-order valence-electron chi connectivity index (χ3n) is 2.85. The van der Waals surface area contributed by atoms with Crippen LogP contribution in [0, 0.1) is 0 Å². The van der Waals surface area contributed by atoms with Crippen LogP contribution < -0.4 is 5.32 Å². The van der Waals surface area contributed by atoms with Crippen molar-refractivity contribution in [3.05, 3.63) is 57.2 Å². The van der Waals surface area contributed by atoms with Gasteiger partial charge in [0, 0.05) is 6.54 Å². The number of nitrogens with one attached hydrogen (secondary N) is 1. The van der Waals surface area contributed by atoms with Gasteiger partial charge >= 0.3 is 0 Å². The Morgan fingerprint density at radius 1 is 1.25 bits per heavy atom. The van der Waals surface area contributed by atoms with Gasteiger partial charge in [-0.15, -0.1) is 11.3 Å². The van der Waals surface area contributed by atoms with Gasteiger partial charge in [-0.05, 0) is 31.8 Å². The maximum Gasteiger partial charge on any atom is 0.261 e. The Morgan fingerprint density at radius 3 is 2.50 bits per heavy atom. The van der Waals surface area contributed by atoms with Crippen molar-refractivity contribution in [2.75, 3.05) is 20.6 Å². The lowest BCUT2D eigenvalue weighted by Gasteiger charge is -2.22. The molecule has 0 radical (unpaired) electrons. The van der Waals surface area contributed by atoms with Crippen LogP contribution in [0.4, 0.5) is 0 Å². The van der Waals surface area contributed by atoms with Crippen LogP contribution in [0.5, 0.6) is 0 Å². The average Bonchev–Trinajstić information content (AvgIpc) is 2.85. The number of halogens is 1. The summed E-state index contributed by atoms with van der Waals surface area (Å²) in [7, 11) is 3.98. The second-order valence-electron chi connectivity index (χ2n) is 4.80. The zero-order chi connectivity index (χ0) is 14.5. The molecule has 1 aromatic heterocycles. The van der Waals surface area contributed by atoms with E-state index >= 15 is 0 Å². The molecule has 3 nitrogen and oxygen atoms in total. The number of amides is 1. The fourth-order valence-corrected chi connectivity index (χ4v) is 2.90. The van der Waals surface area contributed by atoms with Crippen LogP contribution in [-0.4, -0.2) is 31.4 Å². The molecule has 0 aliphatic rings. The highest BCUT2D eigenvalue weighted by molar-refractivity contribution is 7.17. The Hall–Kier alpha value is -1.36. The quantitative estimate of drug-likeness (QED) is 0.918. The molecule has 0 aliphatic carbocycles. The van der Waals surface area contributed by atoms with Gasteiger partial charge in [0.15, 0.2) is 0 Å². The van der Waals surface area contributed by atoms with Crippen LogP contribution in [-0.2, 0) is 0 Å². The summed E-state index contributed by atoms with van der Waals surface area (Å²) in [6.07, 6.45) is 0. The van der Waals surface area contributed by atoms with E-state index in [4.69, 9.17) is 11.6 Å². The van der Waals surface area contributed by atoms with Crippen molar-refractivity contribution in [2.24, 2.45) is 0 Å². The first-order valence-corrected chi connectivity index (χ1v) is 7.51. The predicted octanol–water partition coefficient (Wildman–Crippen LogP) is 3.43. The first kappa shape index (κ1) is 15.0. The Bertz CT molecular complexity index is 568.